The van der Waals surface area contributed by atoms with E-state index >= 15 is 0 Å². The van der Waals surface area contributed by atoms with Gasteiger partial charge in [0.05, 0.1) is 10.9 Å². The van der Waals surface area contributed by atoms with Gasteiger partial charge in [0, 0.05) is 29.6 Å². The summed E-state index contributed by atoms with van der Waals surface area (Å²) in [6.45, 7) is 1.66. The molecule has 0 bridgehead atoms. The van der Waals surface area contributed by atoms with Gasteiger partial charge in [-0.3, -0.25) is 9.59 Å². The van der Waals surface area contributed by atoms with Crippen LogP contribution >= 0.6 is 34.5 Å². The number of carboxylic acids is 1. The number of benzene rings is 1. The summed E-state index contributed by atoms with van der Waals surface area (Å²) in [6, 6.07) is 5.06. The highest BCUT2D eigenvalue weighted by molar-refractivity contribution is 7.13. The van der Waals surface area contributed by atoms with E-state index in [-0.39, 0.29) is 18.1 Å². The molecule has 1 N–H and O–H groups in total. The van der Waals surface area contributed by atoms with Gasteiger partial charge in [0.2, 0.25) is 0 Å². The number of rotatable bonds is 5. The molecule has 1 aromatic heterocycles. The molecular weight excluding hydrogens is 359 g/mol. The quantitative estimate of drug-likeness (QED) is 0.863. The molecule has 1 heterocycles. The van der Waals surface area contributed by atoms with E-state index < -0.39 is 11.9 Å². The van der Waals surface area contributed by atoms with E-state index in [4.69, 9.17) is 28.3 Å². The zero-order valence-corrected chi connectivity index (χ0v) is 14.7. The van der Waals surface area contributed by atoms with Crippen molar-refractivity contribution in [2.75, 3.05) is 13.6 Å². The third kappa shape index (κ3) is 4.22. The highest BCUT2D eigenvalue weighted by Gasteiger charge is 2.21. The molecule has 2 aromatic rings. The van der Waals surface area contributed by atoms with Crippen LogP contribution in [0, 0.1) is 5.92 Å². The first-order valence-electron chi connectivity index (χ1n) is 6.68. The second kappa shape index (κ2) is 7.29. The van der Waals surface area contributed by atoms with Crippen LogP contribution in [0.2, 0.25) is 10.0 Å². The van der Waals surface area contributed by atoms with Crippen molar-refractivity contribution >= 4 is 46.4 Å². The molecule has 0 aliphatic rings. The van der Waals surface area contributed by atoms with Crippen molar-refractivity contribution in [1.82, 2.24) is 9.88 Å². The van der Waals surface area contributed by atoms with Crippen LogP contribution in [0.25, 0.3) is 10.6 Å². The zero-order chi connectivity index (χ0) is 17.1. The van der Waals surface area contributed by atoms with Gasteiger partial charge in [-0.2, -0.15) is 0 Å². The predicted octanol–water partition coefficient (Wildman–Crippen LogP) is 3.91. The van der Waals surface area contributed by atoms with Gasteiger partial charge in [0.1, 0.15) is 10.7 Å². The Labute approximate surface area is 147 Å². The van der Waals surface area contributed by atoms with Crippen LogP contribution < -0.4 is 0 Å². The molecule has 122 valence electrons. The fraction of sp³-hybridized carbons (Fsp3) is 0.267. The number of carbonyl (C=O) groups excluding carboxylic acids is 1. The van der Waals surface area contributed by atoms with E-state index in [9.17, 15) is 9.59 Å². The van der Waals surface area contributed by atoms with Crippen LogP contribution in [0.1, 0.15) is 17.4 Å². The Morgan fingerprint density at radius 1 is 1.39 bits per heavy atom. The van der Waals surface area contributed by atoms with Gasteiger partial charge in [-0.1, -0.05) is 30.1 Å². The van der Waals surface area contributed by atoms with Crippen LogP contribution in [0.3, 0.4) is 0 Å². The Morgan fingerprint density at radius 3 is 2.70 bits per heavy atom. The van der Waals surface area contributed by atoms with Gasteiger partial charge < -0.3 is 10.0 Å². The number of carbonyl (C=O) groups is 2. The lowest BCUT2D eigenvalue weighted by Crippen LogP contribution is -2.33. The number of amides is 1. The lowest BCUT2D eigenvalue weighted by Gasteiger charge is -2.18. The summed E-state index contributed by atoms with van der Waals surface area (Å²) in [6.07, 6.45) is 0. The third-order valence-electron chi connectivity index (χ3n) is 3.20. The molecule has 23 heavy (non-hydrogen) atoms. The molecule has 0 fully saturated rings. The summed E-state index contributed by atoms with van der Waals surface area (Å²) in [5, 5.41) is 12.1. The average Bonchev–Trinajstić information content (AvgIpc) is 2.95. The molecule has 8 heteroatoms. The van der Waals surface area contributed by atoms with Crippen molar-refractivity contribution in [3.05, 3.63) is 39.3 Å². The van der Waals surface area contributed by atoms with E-state index in [0.717, 1.165) is 0 Å². The van der Waals surface area contributed by atoms with Crippen LogP contribution in [0.5, 0.6) is 0 Å². The Bertz CT molecular complexity index is 748. The van der Waals surface area contributed by atoms with Gasteiger partial charge in [-0.05, 0) is 18.2 Å². The van der Waals surface area contributed by atoms with Gasteiger partial charge in [-0.25, -0.2) is 4.98 Å². The van der Waals surface area contributed by atoms with Crippen molar-refractivity contribution in [3.63, 3.8) is 0 Å². The molecule has 1 unspecified atom stereocenters. The SMILES string of the molecule is CC(CN(C)C(=O)c1csc(-c2ccc(Cl)cc2Cl)n1)C(=O)O. The number of carboxylic acid groups (broad SMARTS) is 1. The number of hydrogen-bond acceptors (Lipinski definition) is 4. The van der Waals surface area contributed by atoms with Crippen molar-refractivity contribution in [2.24, 2.45) is 5.92 Å². The highest BCUT2D eigenvalue weighted by Crippen LogP contribution is 2.32. The maximum Gasteiger partial charge on any atom is 0.308 e. The van der Waals surface area contributed by atoms with Crippen LogP contribution in [-0.4, -0.2) is 40.5 Å². The fourth-order valence-electron chi connectivity index (χ4n) is 1.93. The molecule has 0 saturated carbocycles. The number of aromatic nitrogens is 1. The van der Waals surface area contributed by atoms with Crippen molar-refractivity contribution in [1.29, 1.82) is 0 Å². The number of nitrogens with zero attached hydrogens (tertiary/aromatic N) is 2. The zero-order valence-electron chi connectivity index (χ0n) is 12.4. The summed E-state index contributed by atoms with van der Waals surface area (Å²) in [5.74, 6) is -1.92. The lowest BCUT2D eigenvalue weighted by atomic mass is 10.2. The number of thiazole rings is 1. The Kier molecular flexibility index (Phi) is 5.62. The van der Waals surface area contributed by atoms with E-state index in [1.165, 1.54) is 16.2 Å². The summed E-state index contributed by atoms with van der Waals surface area (Å²) in [7, 11) is 1.55. The summed E-state index contributed by atoms with van der Waals surface area (Å²) in [4.78, 5) is 28.8. The second-order valence-corrected chi connectivity index (χ2v) is 6.79. The first kappa shape index (κ1) is 17.7. The van der Waals surface area contributed by atoms with Crippen molar-refractivity contribution < 1.29 is 14.7 Å². The minimum atomic E-state index is -0.948. The number of halogens is 2. The topological polar surface area (TPSA) is 70.5 Å². The van der Waals surface area contributed by atoms with E-state index in [1.807, 2.05) is 0 Å². The molecule has 0 aliphatic heterocycles. The molecule has 5 nitrogen and oxygen atoms in total. The minimum absolute atomic E-state index is 0.114. The minimum Gasteiger partial charge on any atom is -0.481 e. The number of hydrogen-bond donors (Lipinski definition) is 1. The standard InChI is InChI=1S/C15H14Cl2N2O3S/c1-8(15(21)22)6-19(2)14(20)12-7-23-13(18-12)10-4-3-9(16)5-11(10)17/h3-5,7-8H,6H2,1-2H3,(H,21,22). The molecule has 1 aromatic carbocycles. The maximum atomic E-state index is 12.3. The molecule has 0 aliphatic carbocycles. The third-order valence-corrected chi connectivity index (χ3v) is 4.62. The first-order chi connectivity index (χ1) is 10.8. The molecule has 0 radical (unpaired) electrons. The van der Waals surface area contributed by atoms with Gasteiger partial charge in [0.25, 0.3) is 5.91 Å². The molecule has 1 atom stereocenters. The Balaban J connectivity index is 2.18. The smallest absolute Gasteiger partial charge is 0.308 e. The van der Waals surface area contributed by atoms with E-state index in [0.29, 0.717) is 20.6 Å². The summed E-state index contributed by atoms with van der Waals surface area (Å²) < 4.78 is 0. The first-order valence-corrected chi connectivity index (χ1v) is 8.32. The average molecular weight is 373 g/mol. The normalized spacial score (nSPS) is 12.0. The van der Waals surface area contributed by atoms with Gasteiger partial charge >= 0.3 is 5.97 Å². The molecule has 1 amide bonds. The number of aliphatic carboxylic acids is 1. The lowest BCUT2D eigenvalue weighted by molar-refractivity contribution is -0.141. The van der Waals surface area contributed by atoms with Gasteiger partial charge in [-0.15, -0.1) is 11.3 Å². The van der Waals surface area contributed by atoms with E-state index in [2.05, 4.69) is 4.98 Å². The summed E-state index contributed by atoms with van der Waals surface area (Å²) >= 11 is 13.3. The highest BCUT2D eigenvalue weighted by atomic mass is 35.5. The Morgan fingerprint density at radius 2 is 2.09 bits per heavy atom. The molecule has 0 saturated heterocycles. The predicted molar refractivity (Wildman–Crippen MR) is 91.3 cm³/mol. The monoisotopic (exact) mass is 372 g/mol. The summed E-state index contributed by atoms with van der Waals surface area (Å²) in [5.41, 5.74) is 0.956. The molecule has 2 rings (SSSR count). The largest absolute Gasteiger partial charge is 0.481 e. The van der Waals surface area contributed by atoms with Crippen LogP contribution in [0.4, 0.5) is 0 Å². The van der Waals surface area contributed by atoms with Crippen LogP contribution in [-0.2, 0) is 4.79 Å². The van der Waals surface area contributed by atoms with E-state index in [1.54, 1.807) is 37.6 Å². The second-order valence-electron chi connectivity index (χ2n) is 5.09. The maximum absolute atomic E-state index is 12.3. The van der Waals surface area contributed by atoms with Crippen LogP contribution in [0.15, 0.2) is 23.6 Å². The molecular formula is C15H14Cl2N2O3S. The fourth-order valence-corrected chi connectivity index (χ4v) is 3.31. The Hall–Kier alpha value is -1.63. The van der Waals surface area contributed by atoms with Gasteiger partial charge in [0.15, 0.2) is 0 Å². The van der Waals surface area contributed by atoms with Crippen molar-refractivity contribution in [3.8, 4) is 10.6 Å². The molecule has 0 spiro atoms. The van der Waals surface area contributed by atoms with Crippen molar-refractivity contribution in [2.45, 2.75) is 6.92 Å².